The number of Topliss-reactive ketones (excluding diaryl/α,β-unsaturated/α-hetero) is 2. The van der Waals surface area contributed by atoms with E-state index in [4.69, 9.17) is 23.7 Å². The Kier molecular flexibility index (Phi) is 14.1. The number of halogens is 1. The molecule has 0 bridgehead atoms. The van der Waals surface area contributed by atoms with Crippen LogP contribution in [0.5, 0.6) is 0 Å². The maximum absolute atomic E-state index is 16.9. The number of aromatic nitrogens is 2. The number of cyclic esters (lactones) is 1. The van der Waals surface area contributed by atoms with Crippen molar-refractivity contribution in [2.75, 3.05) is 20.2 Å². The number of imidazole rings is 1. The summed E-state index contributed by atoms with van der Waals surface area (Å²) in [5.74, 6) is -4.87. The second kappa shape index (κ2) is 18.0. The molecule has 3 aliphatic heterocycles. The molecule has 14 nitrogen and oxygen atoms in total. The van der Waals surface area contributed by atoms with E-state index in [9.17, 15) is 24.3 Å². The number of hydrogen-bond acceptors (Lipinski definition) is 12. The molecule has 324 valence electrons. The van der Waals surface area contributed by atoms with Gasteiger partial charge in [-0.25, -0.2) is 19.0 Å². The Morgan fingerprint density at radius 3 is 2.34 bits per heavy atom. The second-order valence-electron chi connectivity index (χ2n) is 17.2. The average Bonchev–Trinajstić information content (AvgIpc) is 3.64. The summed E-state index contributed by atoms with van der Waals surface area (Å²) in [7, 11) is 1.41. The number of likely N-dealkylation sites (N-methyl/N-ethyl adjacent to an activating group) is 1. The number of alkyl halides is 1. The number of para-hydroxylation sites is 2. The lowest BCUT2D eigenvalue weighted by atomic mass is 9.73. The van der Waals surface area contributed by atoms with Crippen LogP contribution in [0.1, 0.15) is 100 Å². The van der Waals surface area contributed by atoms with Crippen LogP contribution in [0.3, 0.4) is 0 Å². The Bertz CT molecular complexity index is 1800. The van der Waals surface area contributed by atoms with E-state index in [2.05, 4.69) is 14.9 Å². The minimum absolute atomic E-state index is 0.00503. The van der Waals surface area contributed by atoms with Crippen LogP contribution in [0.25, 0.3) is 11.0 Å². The third-order valence-corrected chi connectivity index (χ3v) is 12.9. The zero-order valence-corrected chi connectivity index (χ0v) is 36.1. The fourth-order valence-electron chi connectivity index (χ4n) is 9.72. The number of esters is 1. The molecular weight excluding hydrogens is 751 g/mol. The number of carbonyl (C=O) groups excluding carboxylic acids is 4. The van der Waals surface area contributed by atoms with Crippen LogP contribution < -0.4 is 5.32 Å². The fourth-order valence-corrected chi connectivity index (χ4v) is 9.72. The first-order valence-corrected chi connectivity index (χ1v) is 20.9. The Balaban J connectivity index is 1.49. The summed E-state index contributed by atoms with van der Waals surface area (Å²) in [6.07, 6.45) is -4.11. The summed E-state index contributed by atoms with van der Waals surface area (Å²) < 4.78 is 49.6. The van der Waals surface area contributed by atoms with E-state index < -0.39 is 89.2 Å². The molecule has 1 aromatic carbocycles. The van der Waals surface area contributed by atoms with Crippen molar-refractivity contribution >= 4 is 34.7 Å². The number of ether oxygens (including phenoxy) is 5. The van der Waals surface area contributed by atoms with Crippen molar-refractivity contribution < 1.29 is 52.4 Å². The van der Waals surface area contributed by atoms with Gasteiger partial charge in [0.25, 0.3) is 5.67 Å². The summed E-state index contributed by atoms with van der Waals surface area (Å²) in [5, 5.41) is 14.6. The highest BCUT2D eigenvalue weighted by Gasteiger charge is 2.61. The summed E-state index contributed by atoms with van der Waals surface area (Å²) in [6, 6.07) is 6.58. The quantitative estimate of drug-likeness (QED) is 0.167. The molecular formula is C43H65FN4O10. The molecule has 58 heavy (non-hydrogen) atoms. The maximum atomic E-state index is 16.9. The van der Waals surface area contributed by atoms with Crippen molar-refractivity contribution in [3.05, 3.63) is 30.1 Å². The maximum Gasteiger partial charge on any atom is 0.410 e. The zero-order chi connectivity index (χ0) is 42.9. The van der Waals surface area contributed by atoms with Crippen LogP contribution in [-0.4, -0.2) is 123 Å². The summed E-state index contributed by atoms with van der Waals surface area (Å²) in [5.41, 5.74) is -4.28. The van der Waals surface area contributed by atoms with Crippen molar-refractivity contribution in [2.45, 2.75) is 168 Å². The lowest BCUT2D eigenvalue weighted by Gasteiger charge is -2.46. The number of amides is 1. The predicted octanol–water partition coefficient (Wildman–Crippen LogP) is 5.47. The van der Waals surface area contributed by atoms with E-state index >= 15 is 4.39 Å². The highest BCUT2D eigenvalue weighted by atomic mass is 19.1. The van der Waals surface area contributed by atoms with Gasteiger partial charge in [-0.3, -0.25) is 9.59 Å². The van der Waals surface area contributed by atoms with Crippen molar-refractivity contribution in [1.29, 1.82) is 0 Å². The van der Waals surface area contributed by atoms with Gasteiger partial charge in [0.15, 0.2) is 17.7 Å². The number of nitrogens with one attached hydrogen (secondary N) is 1. The molecule has 3 fully saturated rings. The minimum atomic E-state index is -3.17. The summed E-state index contributed by atoms with van der Waals surface area (Å²) in [4.78, 5) is 62.9. The first-order chi connectivity index (χ1) is 27.2. The SMILES string of the molecule is CCN[C@H]1C[C@@H](C)O[C@@H](O[C@@H]2[C@H](C)C(=O)[C@](C)(F)C(=O)O[C@H](CC)[C@@]3(C)OC(=O)N(CCCCn4c(C)nc5ccccc54)C3[C@@H](C)C(=O)[C@H](C)C[C@@]2(C)OC)[C@H]1O. The van der Waals surface area contributed by atoms with Crippen molar-refractivity contribution in [2.24, 2.45) is 17.8 Å². The molecule has 13 atom stereocenters. The van der Waals surface area contributed by atoms with Crippen molar-refractivity contribution in [1.82, 2.24) is 19.8 Å². The largest absolute Gasteiger partial charge is 0.455 e. The number of unbranched alkanes of at least 4 members (excludes halogenated alkanes) is 1. The van der Waals surface area contributed by atoms with E-state index in [-0.39, 0.29) is 31.3 Å². The summed E-state index contributed by atoms with van der Waals surface area (Å²) in [6.45, 7) is 17.9. The first kappa shape index (κ1) is 45.6. The van der Waals surface area contributed by atoms with Gasteiger partial charge in [-0.15, -0.1) is 0 Å². The number of ketones is 2. The molecule has 0 saturated carbocycles. The van der Waals surface area contributed by atoms with E-state index in [1.807, 2.05) is 45.0 Å². The fraction of sp³-hybridized carbons (Fsp3) is 0.744. The summed E-state index contributed by atoms with van der Waals surface area (Å²) >= 11 is 0. The molecule has 5 rings (SSSR count). The van der Waals surface area contributed by atoms with Gasteiger partial charge in [0.1, 0.15) is 23.8 Å². The van der Waals surface area contributed by atoms with Gasteiger partial charge < -0.3 is 43.6 Å². The van der Waals surface area contributed by atoms with Gasteiger partial charge in [0.05, 0.1) is 34.9 Å². The monoisotopic (exact) mass is 816 g/mol. The van der Waals surface area contributed by atoms with Crippen LogP contribution in [0.4, 0.5) is 9.18 Å². The molecule has 2 aromatic rings. The van der Waals surface area contributed by atoms with E-state index in [1.54, 1.807) is 34.6 Å². The van der Waals surface area contributed by atoms with E-state index in [1.165, 1.54) is 18.9 Å². The van der Waals surface area contributed by atoms with Crippen LogP contribution in [-0.2, 0) is 44.6 Å². The molecule has 15 heteroatoms. The van der Waals surface area contributed by atoms with Gasteiger partial charge in [0.2, 0.25) is 0 Å². The molecule has 1 aromatic heterocycles. The molecule has 1 unspecified atom stereocenters. The van der Waals surface area contributed by atoms with Gasteiger partial charge >= 0.3 is 12.1 Å². The molecule has 1 amide bonds. The topological polar surface area (TPSA) is 168 Å². The number of nitrogens with zero attached hydrogens (tertiary/aromatic N) is 3. The standard InChI is InChI=1S/C43H65FN4O10/c1-12-32-43(10)35(48(40(53)58-43)21-17-16-20-47-28(7)46-29-18-14-15-19-31(29)47)26(5)33(49)24(3)23-41(8,54-11)37(27(6)36(51)42(9,44)39(52)56-32)57-38-34(50)30(45-13-2)22-25(4)55-38/h14-15,18-19,24-27,30,32,34-35,37-38,45,50H,12-13,16-17,20-23H2,1-11H3/t24-,25-,26+,27-,30+,32-,34+,35?,37-,38+,41-,42+,43-/m1/s1. The van der Waals surface area contributed by atoms with Gasteiger partial charge in [-0.1, -0.05) is 46.8 Å². The van der Waals surface area contributed by atoms with Gasteiger partial charge in [-0.2, -0.15) is 0 Å². The lowest BCUT2D eigenvalue weighted by molar-refractivity contribution is -0.290. The third-order valence-electron chi connectivity index (χ3n) is 12.9. The number of hydrogen-bond donors (Lipinski definition) is 2. The Labute approximate surface area is 341 Å². The third kappa shape index (κ3) is 8.70. The molecule has 0 spiro atoms. The average molecular weight is 817 g/mol. The van der Waals surface area contributed by atoms with Crippen LogP contribution >= 0.6 is 0 Å². The van der Waals surface area contributed by atoms with Gasteiger partial charge in [0, 0.05) is 44.0 Å². The Morgan fingerprint density at radius 1 is 1.02 bits per heavy atom. The van der Waals surface area contributed by atoms with Crippen LogP contribution in [0.15, 0.2) is 24.3 Å². The number of methoxy groups -OCH3 is 1. The molecule has 2 N–H and O–H groups in total. The van der Waals surface area contributed by atoms with E-state index in [0.29, 0.717) is 32.4 Å². The number of fused-ring (bicyclic) bond motifs is 2. The Morgan fingerprint density at radius 2 is 1.69 bits per heavy atom. The number of rotatable bonds is 11. The highest BCUT2D eigenvalue weighted by Crippen LogP contribution is 2.43. The smallest absolute Gasteiger partial charge is 0.410 e. The number of benzene rings is 1. The van der Waals surface area contributed by atoms with Crippen molar-refractivity contribution in [3.63, 3.8) is 0 Å². The minimum Gasteiger partial charge on any atom is -0.455 e. The molecule has 0 aliphatic carbocycles. The molecule has 0 radical (unpaired) electrons. The zero-order valence-electron chi connectivity index (χ0n) is 36.1. The predicted molar refractivity (Wildman–Crippen MR) is 214 cm³/mol. The number of aryl methyl sites for hydroxylation is 2. The molecule has 4 heterocycles. The van der Waals surface area contributed by atoms with Crippen LogP contribution in [0, 0.1) is 24.7 Å². The second-order valence-corrected chi connectivity index (χ2v) is 17.2. The molecule has 3 aliphatic rings. The normalized spacial score (nSPS) is 38.1. The molecule has 3 saturated heterocycles. The lowest BCUT2D eigenvalue weighted by Crippen LogP contribution is -2.62. The van der Waals surface area contributed by atoms with Crippen molar-refractivity contribution in [3.8, 4) is 0 Å². The van der Waals surface area contributed by atoms with E-state index in [0.717, 1.165) is 23.8 Å². The van der Waals surface area contributed by atoms with Crippen LogP contribution in [0.2, 0.25) is 0 Å². The first-order valence-electron chi connectivity index (χ1n) is 20.9. The number of aliphatic hydroxyl groups is 1. The highest BCUT2D eigenvalue weighted by molar-refractivity contribution is 6.08. The number of carbonyl (C=O) groups is 4. The van der Waals surface area contributed by atoms with Gasteiger partial charge in [-0.05, 0) is 85.4 Å². The Hall–Kier alpha value is -3.50. The number of aliphatic hydroxyl groups excluding tert-OH is 1.